The van der Waals surface area contributed by atoms with E-state index in [2.05, 4.69) is 6.07 Å². The van der Waals surface area contributed by atoms with Gasteiger partial charge in [-0.2, -0.15) is 0 Å². The van der Waals surface area contributed by atoms with Crippen LogP contribution >= 0.6 is 0 Å². The molecule has 150 valence electrons. The predicted molar refractivity (Wildman–Crippen MR) is 111 cm³/mol. The summed E-state index contributed by atoms with van der Waals surface area (Å²) >= 11 is 0. The molecule has 4 rings (SSSR count). The fraction of sp³-hybridized carbons (Fsp3) is 0.360. The van der Waals surface area contributed by atoms with Crippen molar-refractivity contribution in [2.24, 2.45) is 0 Å². The van der Waals surface area contributed by atoms with Crippen molar-refractivity contribution in [3.05, 3.63) is 82.4 Å². The molecule has 1 saturated carbocycles. The van der Waals surface area contributed by atoms with Gasteiger partial charge >= 0.3 is 11.9 Å². The van der Waals surface area contributed by atoms with Gasteiger partial charge in [0.1, 0.15) is 6.61 Å². The third-order valence-corrected chi connectivity index (χ3v) is 6.37. The Bertz CT molecular complexity index is 933. The van der Waals surface area contributed by atoms with Gasteiger partial charge in [-0.3, -0.25) is 0 Å². The standard InChI is InChI=1S/C25H26O4/c1-28-23(26)15-18-9-12-25(13-10-18)14-11-20-16-21(7-8-22(20)25)24(27)29-17-19-5-3-2-4-6-19/h2-8,15-16H,9-14,17H2,1H3. The van der Waals surface area contributed by atoms with E-state index in [1.807, 2.05) is 42.5 Å². The van der Waals surface area contributed by atoms with Gasteiger partial charge in [0.2, 0.25) is 0 Å². The van der Waals surface area contributed by atoms with Crippen LogP contribution in [0.25, 0.3) is 0 Å². The maximum atomic E-state index is 12.5. The zero-order valence-corrected chi connectivity index (χ0v) is 16.8. The van der Waals surface area contributed by atoms with Gasteiger partial charge in [0.05, 0.1) is 12.7 Å². The Morgan fingerprint density at radius 2 is 1.72 bits per heavy atom. The van der Waals surface area contributed by atoms with E-state index in [1.165, 1.54) is 23.8 Å². The number of ether oxygens (including phenoxy) is 2. The highest BCUT2D eigenvalue weighted by Crippen LogP contribution is 2.50. The first-order valence-corrected chi connectivity index (χ1v) is 10.2. The molecule has 0 N–H and O–H groups in total. The third-order valence-electron chi connectivity index (χ3n) is 6.37. The van der Waals surface area contributed by atoms with E-state index in [-0.39, 0.29) is 24.0 Å². The smallest absolute Gasteiger partial charge is 0.338 e. The number of rotatable bonds is 4. The van der Waals surface area contributed by atoms with Crippen LogP contribution in [0.1, 0.15) is 59.2 Å². The molecule has 2 aromatic carbocycles. The summed E-state index contributed by atoms with van der Waals surface area (Å²) in [5, 5.41) is 0. The zero-order chi connectivity index (χ0) is 20.3. The summed E-state index contributed by atoms with van der Waals surface area (Å²) < 4.78 is 10.2. The number of carbonyl (C=O) groups is 2. The van der Waals surface area contributed by atoms with Gasteiger partial charge in [-0.05, 0) is 72.8 Å². The van der Waals surface area contributed by atoms with Crippen molar-refractivity contribution in [3.63, 3.8) is 0 Å². The van der Waals surface area contributed by atoms with E-state index in [0.717, 1.165) is 44.1 Å². The fourth-order valence-corrected chi connectivity index (χ4v) is 4.70. The second-order valence-corrected chi connectivity index (χ2v) is 8.04. The summed E-state index contributed by atoms with van der Waals surface area (Å²) in [7, 11) is 1.42. The van der Waals surface area contributed by atoms with Gasteiger partial charge in [-0.1, -0.05) is 42.0 Å². The minimum Gasteiger partial charge on any atom is -0.466 e. The maximum absolute atomic E-state index is 12.5. The summed E-state index contributed by atoms with van der Waals surface area (Å²) in [4.78, 5) is 24.0. The Morgan fingerprint density at radius 1 is 1.00 bits per heavy atom. The van der Waals surface area contributed by atoms with Crippen molar-refractivity contribution in [2.45, 2.75) is 50.5 Å². The molecule has 0 bridgehead atoms. The molecule has 0 atom stereocenters. The van der Waals surface area contributed by atoms with E-state index in [4.69, 9.17) is 9.47 Å². The van der Waals surface area contributed by atoms with Gasteiger partial charge in [0.25, 0.3) is 0 Å². The van der Waals surface area contributed by atoms with E-state index >= 15 is 0 Å². The van der Waals surface area contributed by atoms with Gasteiger partial charge in [0, 0.05) is 6.08 Å². The molecular weight excluding hydrogens is 364 g/mol. The Morgan fingerprint density at radius 3 is 2.45 bits per heavy atom. The van der Waals surface area contributed by atoms with Crippen LogP contribution in [0, 0.1) is 0 Å². The van der Waals surface area contributed by atoms with Crippen molar-refractivity contribution >= 4 is 11.9 Å². The molecule has 0 radical (unpaired) electrons. The van der Waals surface area contributed by atoms with Gasteiger partial charge < -0.3 is 9.47 Å². The number of benzene rings is 2. The molecule has 2 aliphatic rings. The van der Waals surface area contributed by atoms with E-state index in [0.29, 0.717) is 5.56 Å². The average Bonchev–Trinajstić information content (AvgIpc) is 3.12. The number of methoxy groups -OCH3 is 1. The van der Waals surface area contributed by atoms with Crippen molar-refractivity contribution in [1.82, 2.24) is 0 Å². The van der Waals surface area contributed by atoms with Gasteiger partial charge in [0.15, 0.2) is 0 Å². The fourth-order valence-electron chi connectivity index (χ4n) is 4.70. The molecule has 0 aliphatic heterocycles. The highest BCUT2D eigenvalue weighted by atomic mass is 16.5. The Hall–Kier alpha value is -2.88. The zero-order valence-electron chi connectivity index (χ0n) is 16.8. The number of hydrogen-bond acceptors (Lipinski definition) is 4. The van der Waals surface area contributed by atoms with Crippen LogP contribution in [-0.2, 0) is 32.7 Å². The highest BCUT2D eigenvalue weighted by Gasteiger charge is 2.40. The molecule has 1 fully saturated rings. The normalized spacial score (nSPS) is 20.2. The Labute approximate surface area is 171 Å². The van der Waals surface area contributed by atoms with Crippen LogP contribution in [0.15, 0.2) is 60.2 Å². The summed E-state index contributed by atoms with van der Waals surface area (Å²) in [6, 6.07) is 15.8. The van der Waals surface area contributed by atoms with Gasteiger partial charge in [-0.25, -0.2) is 9.59 Å². The van der Waals surface area contributed by atoms with E-state index < -0.39 is 0 Å². The summed E-state index contributed by atoms with van der Waals surface area (Å²) in [6.45, 7) is 0.288. The minimum absolute atomic E-state index is 0.176. The van der Waals surface area contributed by atoms with Crippen LogP contribution in [0.3, 0.4) is 0 Å². The molecule has 0 amide bonds. The monoisotopic (exact) mass is 390 g/mol. The summed E-state index contributed by atoms with van der Waals surface area (Å²) in [5.41, 5.74) is 5.60. The lowest BCUT2D eigenvalue weighted by Crippen LogP contribution is -2.27. The van der Waals surface area contributed by atoms with Crippen LogP contribution < -0.4 is 0 Å². The number of carbonyl (C=O) groups excluding carboxylic acids is 2. The molecule has 4 heteroatoms. The van der Waals surface area contributed by atoms with Crippen LogP contribution in [0.5, 0.6) is 0 Å². The first-order valence-electron chi connectivity index (χ1n) is 10.2. The molecule has 0 saturated heterocycles. The molecule has 2 aromatic rings. The number of hydrogen-bond donors (Lipinski definition) is 0. The van der Waals surface area contributed by atoms with Crippen LogP contribution in [-0.4, -0.2) is 19.0 Å². The molecule has 0 aromatic heterocycles. The lowest BCUT2D eigenvalue weighted by Gasteiger charge is -2.35. The average molecular weight is 390 g/mol. The van der Waals surface area contributed by atoms with Crippen LogP contribution in [0.2, 0.25) is 0 Å². The van der Waals surface area contributed by atoms with Gasteiger partial charge in [-0.15, -0.1) is 0 Å². The van der Waals surface area contributed by atoms with Crippen molar-refractivity contribution in [1.29, 1.82) is 0 Å². The lowest BCUT2D eigenvalue weighted by molar-refractivity contribution is -0.134. The first kappa shape index (κ1) is 19.4. The molecule has 1 spiro atoms. The number of esters is 2. The molecule has 0 heterocycles. The van der Waals surface area contributed by atoms with Crippen molar-refractivity contribution in [3.8, 4) is 0 Å². The molecule has 4 nitrogen and oxygen atoms in total. The highest BCUT2D eigenvalue weighted by molar-refractivity contribution is 5.90. The topological polar surface area (TPSA) is 52.6 Å². The second-order valence-electron chi connectivity index (χ2n) is 8.04. The first-order chi connectivity index (χ1) is 14.1. The van der Waals surface area contributed by atoms with Crippen LogP contribution in [0.4, 0.5) is 0 Å². The maximum Gasteiger partial charge on any atom is 0.338 e. The molecule has 29 heavy (non-hydrogen) atoms. The quantitative estimate of drug-likeness (QED) is 0.550. The SMILES string of the molecule is COC(=O)C=C1CCC2(CC1)CCc1cc(C(=O)OCc3ccccc3)ccc12. The number of aryl methyl sites for hydroxylation is 1. The summed E-state index contributed by atoms with van der Waals surface area (Å²) in [5.74, 6) is -0.536. The van der Waals surface area contributed by atoms with Crippen molar-refractivity contribution in [2.75, 3.05) is 7.11 Å². The second kappa shape index (κ2) is 8.24. The van der Waals surface area contributed by atoms with E-state index in [9.17, 15) is 9.59 Å². The molecular formula is C25H26O4. The largest absolute Gasteiger partial charge is 0.466 e. The Balaban J connectivity index is 1.43. The predicted octanol–water partition coefficient (Wildman–Crippen LogP) is 4.90. The van der Waals surface area contributed by atoms with E-state index in [1.54, 1.807) is 6.08 Å². The van der Waals surface area contributed by atoms with Crippen molar-refractivity contribution < 1.29 is 19.1 Å². The molecule has 2 aliphatic carbocycles. The Kier molecular flexibility index (Phi) is 5.52. The molecule has 0 unspecified atom stereocenters. The number of allylic oxidation sites excluding steroid dienone is 1. The lowest BCUT2D eigenvalue weighted by atomic mass is 9.69. The third kappa shape index (κ3) is 4.12. The summed E-state index contributed by atoms with van der Waals surface area (Å²) in [6.07, 6.45) is 7.68. The minimum atomic E-state index is -0.274. The number of fused-ring (bicyclic) bond motifs is 2.